The zero-order chi connectivity index (χ0) is 14.8. The Morgan fingerprint density at radius 1 is 1.14 bits per heavy atom. The molecule has 0 saturated heterocycles. The molecule has 0 aliphatic heterocycles. The van der Waals surface area contributed by atoms with E-state index in [4.69, 9.17) is 10.3 Å². The minimum atomic E-state index is 0.484. The Labute approximate surface area is 127 Å². The van der Waals surface area contributed by atoms with E-state index in [1.807, 2.05) is 18.2 Å². The van der Waals surface area contributed by atoms with Gasteiger partial charge in [0.15, 0.2) is 0 Å². The van der Waals surface area contributed by atoms with Gasteiger partial charge < -0.3 is 10.3 Å². The third-order valence-corrected chi connectivity index (χ3v) is 4.55. The molecule has 108 valence electrons. The number of rotatable bonds is 4. The normalized spacial score (nSPS) is 11.0. The van der Waals surface area contributed by atoms with Crippen LogP contribution >= 0.6 is 11.3 Å². The van der Waals surface area contributed by atoms with Gasteiger partial charge in [-0.3, -0.25) is 0 Å². The Morgan fingerprint density at radius 3 is 2.52 bits per heavy atom. The molecule has 5 heteroatoms. The fourth-order valence-corrected chi connectivity index (χ4v) is 3.00. The lowest BCUT2D eigenvalue weighted by atomic mass is 10.1. The van der Waals surface area contributed by atoms with Crippen LogP contribution in [0.3, 0.4) is 0 Å². The Morgan fingerprint density at radius 2 is 1.90 bits per heavy atom. The summed E-state index contributed by atoms with van der Waals surface area (Å²) in [5.74, 6) is 1.08. The molecule has 0 fully saturated rings. The average Bonchev–Trinajstić information content (AvgIpc) is 3.13. The van der Waals surface area contributed by atoms with E-state index in [0.717, 1.165) is 29.0 Å². The van der Waals surface area contributed by atoms with Crippen LogP contribution in [-0.4, -0.2) is 10.1 Å². The predicted molar refractivity (Wildman–Crippen MR) is 86.2 cm³/mol. The lowest BCUT2D eigenvalue weighted by Crippen LogP contribution is -1.85. The molecule has 0 amide bonds. The van der Waals surface area contributed by atoms with Gasteiger partial charge in [0.2, 0.25) is 5.82 Å². The van der Waals surface area contributed by atoms with Crippen molar-refractivity contribution in [2.45, 2.75) is 26.7 Å². The van der Waals surface area contributed by atoms with Crippen LogP contribution in [0.25, 0.3) is 22.8 Å². The molecule has 1 aromatic carbocycles. The van der Waals surface area contributed by atoms with Crippen LogP contribution < -0.4 is 5.73 Å². The summed E-state index contributed by atoms with van der Waals surface area (Å²) in [7, 11) is 0. The number of aryl methyl sites for hydroxylation is 2. The van der Waals surface area contributed by atoms with Gasteiger partial charge in [-0.1, -0.05) is 43.3 Å². The predicted octanol–water partition coefficient (Wildman–Crippen LogP) is 4.17. The standard InChI is InChI=1S/C16H17N3OS/c1-3-10-5-7-11(8-6-10)15-18-16(20-19-15)13-9-12(4-2)21-14(13)17/h5-9H,3-4,17H2,1-2H3. The smallest absolute Gasteiger partial charge is 0.261 e. The van der Waals surface area contributed by atoms with Gasteiger partial charge in [0.05, 0.1) is 10.6 Å². The molecule has 21 heavy (non-hydrogen) atoms. The average molecular weight is 299 g/mol. The maximum absolute atomic E-state index is 6.03. The number of nitrogens with two attached hydrogens (primary N) is 1. The molecule has 0 aliphatic carbocycles. The minimum Gasteiger partial charge on any atom is -0.390 e. The number of aromatic nitrogens is 2. The van der Waals surface area contributed by atoms with Crippen LogP contribution in [-0.2, 0) is 12.8 Å². The van der Waals surface area contributed by atoms with E-state index in [2.05, 4.69) is 36.1 Å². The molecule has 2 aromatic heterocycles. The summed E-state index contributed by atoms with van der Waals surface area (Å²) < 4.78 is 5.37. The first-order valence-electron chi connectivity index (χ1n) is 7.02. The number of hydrogen-bond acceptors (Lipinski definition) is 5. The molecule has 4 nitrogen and oxygen atoms in total. The lowest BCUT2D eigenvalue weighted by molar-refractivity contribution is 0.432. The lowest BCUT2D eigenvalue weighted by Gasteiger charge is -1.97. The van der Waals surface area contributed by atoms with Gasteiger partial charge in [-0.05, 0) is 24.5 Å². The Balaban J connectivity index is 1.93. The molecule has 2 heterocycles. The minimum absolute atomic E-state index is 0.484. The van der Waals surface area contributed by atoms with Gasteiger partial charge in [-0.2, -0.15) is 4.98 Å². The van der Waals surface area contributed by atoms with Gasteiger partial charge in [-0.25, -0.2) is 0 Å². The molecular weight excluding hydrogens is 282 g/mol. The summed E-state index contributed by atoms with van der Waals surface area (Å²) in [6, 6.07) is 10.2. The van der Waals surface area contributed by atoms with Crippen molar-refractivity contribution < 1.29 is 4.52 Å². The van der Waals surface area contributed by atoms with Gasteiger partial charge >= 0.3 is 0 Å². The number of nitrogen functional groups attached to an aromatic ring is 1. The Hall–Kier alpha value is -2.14. The maximum Gasteiger partial charge on any atom is 0.261 e. The molecule has 0 aliphatic rings. The summed E-state index contributed by atoms with van der Waals surface area (Å²) in [4.78, 5) is 5.68. The van der Waals surface area contributed by atoms with Crippen molar-refractivity contribution in [3.63, 3.8) is 0 Å². The fraction of sp³-hybridized carbons (Fsp3) is 0.250. The van der Waals surface area contributed by atoms with E-state index in [1.165, 1.54) is 10.4 Å². The van der Waals surface area contributed by atoms with Crippen molar-refractivity contribution in [3.8, 4) is 22.8 Å². The van der Waals surface area contributed by atoms with Crippen LogP contribution in [0.4, 0.5) is 5.00 Å². The van der Waals surface area contributed by atoms with Crippen LogP contribution in [0.2, 0.25) is 0 Å². The number of hydrogen-bond donors (Lipinski definition) is 1. The molecule has 0 atom stereocenters. The van der Waals surface area contributed by atoms with Crippen LogP contribution in [0, 0.1) is 0 Å². The van der Waals surface area contributed by atoms with E-state index in [0.29, 0.717) is 11.7 Å². The van der Waals surface area contributed by atoms with Crippen molar-refractivity contribution in [2.24, 2.45) is 0 Å². The van der Waals surface area contributed by atoms with Crippen LogP contribution in [0.15, 0.2) is 34.9 Å². The summed E-state index contributed by atoms with van der Waals surface area (Å²) >= 11 is 1.57. The maximum atomic E-state index is 6.03. The van der Waals surface area contributed by atoms with Crippen molar-refractivity contribution in [3.05, 3.63) is 40.8 Å². The Kier molecular flexibility index (Phi) is 3.75. The quantitative estimate of drug-likeness (QED) is 0.785. The van der Waals surface area contributed by atoms with Crippen LogP contribution in [0.5, 0.6) is 0 Å². The first-order chi connectivity index (χ1) is 10.2. The zero-order valence-corrected chi connectivity index (χ0v) is 12.9. The molecular formula is C16H17N3OS. The molecule has 0 radical (unpaired) electrons. The molecule has 3 aromatic rings. The number of anilines is 1. The molecule has 3 rings (SSSR count). The molecule has 0 saturated carbocycles. The largest absolute Gasteiger partial charge is 0.390 e. The third kappa shape index (κ3) is 2.69. The summed E-state index contributed by atoms with van der Waals surface area (Å²) in [5, 5.41) is 4.78. The van der Waals surface area contributed by atoms with E-state index in [-0.39, 0.29) is 0 Å². The van der Waals surface area contributed by atoms with Crippen molar-refractivity contribution in [1.82, 2.24) is 10.1 Å². The monoisotopic (exact) mass is 299 g/mol. The number of benzene rings is 1. The molecule has 0 spiro atoms. The summed E-state index contributed by atoms with van der Waals surface area (Å²) in [6.07, 6.45) is 1.97. The van der Waals surface area contributed by atoms with Crippen molar-refractivity contribution in [2.75, 3.05) is 5.73 Å². The van der Waals surface area contributed by atoms with E-state index in [9.17, 15) is 0 Å². The number of thiophene rings is 1. The summed E-state index contributed by atoms with van der Waals surface area (Å²) in [5.41, 5.74) is 9.10. The highest BCUT2D eigenvalue weighted by atomic mass is 32.1. The second-order valence-corrected chi connectivity index (χ2v) is 5.99. The second kappa shape index (κ2) is 5.69. The van der Waals surface area contributed by atoms with Gasteiger partial charge in [0, 0.05) is 10.4 Å². The summed E-state index contributed by atoms with van der Waals surface area (Å²) in [6.45, 7) is 4.23. The van der Waals surface area contributed by atoms with Crippen molar-refractivity contribution >= 4 is 16.3 Å². The molecule has 2 N–H and O–H groups in total. The molecule has 0 bridgehead atoms. The van der Waals surface area contributed by atoms with Gasteiger partial charge in [0.1, 0.15) is 0 Å². The topological polar surface area (TPSA) is 64.9 Å². The first-order valence-corrected chi connectivity index (χ1v) is 7.84. The first kappa shape index (κ1) is 13.8. The molecule has 0 unspecified atom stereocenters. The van der Waals surface area contributed by atoms with Crippen molar-refractivity contribution in [1.29, 1.82) is 0 Å². The van der Waals surface area contributed by atoms with E-state index in [1.54, 1.807) is 11.3 Å². The number of nitrogens with zero attached hydrogens (tertiary/aromatic N) is 2. The third-order valence-electron chi connectivity index (χ3n) is 3.44. The highest BCUT2D eigenvalue weighted by Crippen LogP contribution is 2.34. The highest BCUT2D eigenvalue weighted by molar-refractivity contribution is 7.16. The Bertz CT molecular complexity index is 743. The fourth-order valence-electron chi connectivity index (χ4n) is 2.14. The van der Waals surface area contributed by atoms with Crippen LogP contribution in [0.1, 0.15) is 24.3 Å². The van der Waals surface area contributed by atoms with Gasteiger partial charge in [0.25, 0.3) is 5.89 Å². The van der Waals surface area contributed by atoms with Gasteiger partial charge in [-0.15, -0.1) is 11.3 Å². The SMILES string of the molecule is CCc1ccc(-c2noc(-c3cc(CC)sc3N)n2)cc1. The highest BCUT2D eigenvalue weighted by Gasteiger charge is 2.15. The van der Waals surface area contributed by atoms with E-state index < -0.39 is 0 Å². The van der Waals surface area contributed by atoms with E-state index >= 15 is 0 Å². The second-order valence-electron chi connectivity index (χ2n) is 4.82. The zero-order valence-electron chi connectivity index (χ0n) is 12.1.